The maximum Gasteiger partial charge on any atom is 0.289 e. The van der Waals surface area contributed by atoms with Gasteiger partial charge in [0.2, 0.25) is 5.91 Å². The van der Waals surface area contributed by atoms with E-state index in [1.165, 1.54) is 7.05 Å². The molecule has 4 heteroatoms. The minimum atomic E-state index is -0.550. The third kappa shape index (κ3) is 3.70. The number of amides is 2. The normalized spacial score (nSPS) is 18.1. The van der Waals surface area contributed by atoms with Crippen LogP contribution in [0.15, 0.2) is 0 Å². The Morgan fingerprint density at radius 3 is 1.50 bits per heavy atom. The largest absolute Gasteiger partial charge is 0.289 e. The van der Waals surface area contributed by atoms with E-state index in [0.29, 0.717) is 0 Å². The van der Waals surface area contributed by atoms with Crippen LogP contribution in [0.25, 0.3) is 0 Å². The van der Waals surface area contributed by atoms with Gasteiger partial charge in [0.05, 0.1) is 4.75 Å². The van der Waals surface area contributed by atoms with E-state index in [9.17, 15) is 9.59 Å². The molecule has 14 heavy (non-hydrogen) atoms. The van der Waals surface area contributed by atoms with Gasteiger partial charge < -0.3 is 0 Å². The van der Waals surface area contributed by atoms with Crippen molar-refractivity contribution >= 4 is 22.9 Å². The van der Waals surface area contributed by atoms with Gasteiger partial charge in [-0.2, -0.15) is 0 Å². The highest BCUT2D eigenvalue weighted by Gasteiger charge is 2.43. The molecular weight excluding hydrogens is 198 g/mol. The fourth-order valence-electron chi connectivity index (χ4n) is 0.817. The van der Waals surface area contributed by atoms with Gasteiger partial charge in [-0.15, -0.1) is 0 Å². The second-order valence-electron chi connectivity index (χ2n) is 2.74. The lowest BCUT2D eigenvalue weighted by Crippen LogP contribution is -2.32. The maximum absolute atomic E-state index is 11.1. The van der Waals surface area contributed by atoms with Crippen molar-refractivity contribution in [2.75, 3.05) is 7.05 Å². The summed E-state index contributed by atoms with van der Waals surface area (Å²) in [5.74, 6) is -0.109. The van der Waals surface area contributed by atoms with Crippen LogP contribution in [-0.2, 0) is 4.79 Å². The summed E-state index contributed by atoms with van der Waals surface area (Å²) in [6, 6.07) is 0. The van der Waals surface area contributed by atoms with Crippen LogP contribution < -0.4 is 0 Å². The summed E-state index contributed by atoms with van der Waals surface area (Å²) >= 11 is 1.08. The highest BCUT2D eigenvalue weighted by atomic mass is 32.2. The van der Waals surface area contributed by atoms with Crippen molar-refractivity contribution in [2.24, 2.45) is 0 Å². The highest BCUT2D eigenvalue weighted by Crippen LogP contribution is 2.35. The van der Waals surface area contributed by atoms with Gasteiger partial charge in [-0.05, 0) is 25.6 Å². The van der Waals surface area contributed by atoms with Gasteiger partial charge in [0.15, 0.2) is 0 Å². The van der Waals surface area contributed by atoms with Crippen LogP contribution in [0.1, 0.15) is 41.5 Å². The van der Waals surface area contributed by atoms with Gasteiger partial charge in [0, 0.05) is 7.05 Å². The molecule has 1 saturated heterocycles. The molecular formula is C10H21NO2S. The Labute approximate surface area is 91.2 Å². The Morgan fingerprint density at radius 2 is 1.43 bits per heavy atom. The third-order valence-electron chi connectivity index (χ3n) is 1.44. The smallest absolute Gasteiger partial charge is 0.275 e. The van der Waals surface area contributed by atoms with Crippen molar-refractivity contribution in [3.63, 3.8) is 0 Å². The van der Waals surface area contributed by atoms with Gasteiger partial charge in [0.25, 0.3) is 5.24 Å². The molecule has 0 spiro atoms. The van der Waals surface area contributed by atoms with E-state index in [1.807, 2.05) is 27.7 Å². The van der Waals surface area contributed by atoms with Gasteiger partial charge in [-0.25, -0.2) is 0 Å². The number of carbonyl (C=O) groups is 2. The van der Waals surface area contributed by atoms with E-state index in [1.54, 1.807) is 13.8 Å². The first-order valence-corrected chi connectivity index (χ1v) is 5.78. The number of rotatable bonds is 0. The molecule has 1 heterocycles. The number of imide groups is 1. The Balaban J connectivity index is 0. The van der Waals surface area contributed by atoms with Crippen LogP contribution in [0.3, 0.4) is 0 Å². The molecule has 0 atom stereocenters. The van der Waals surface area contributed by atoms with Crippen LogP contribution in [0.2, 0.25) is 0 Å². The third-order valence-corrected chi connectivity index (χ3v) is 2.57. The van der Waals surface area contributed by atoms with E-state index in [2.05, 4.69) is 0 Å². The average molecular weight is 219 g/mol. The highest BCUT2D eigenvalue weighted by molar-refractivity contribution is 8.16. The van der Waals surface area contributed by atoms with Gasteiger partial charge in [0.1, 0.15) is 0 Å². The van der Waals surface area contributed by atoms with Gasteiger partial charge in [-0.1, -0.05) is 27.7 Å². The lowest BCUT2D eigenvalue weighted by atomic mass is 10.2. The SMILES string of the molecule is CC.CC.CN1C(=O)SC(C)(C)C1=O. The molecule has 0 aromatic carbocycles. The van der Waals surface area contributed by atoms with Crippen molar-refractivity contribution in [3.8, 4) is 0 Å². The Kier molecular flexibility index (Phi) is 7.82. The summed E-state index contributed by atoms with van der Waals surface area (Å²) in [5, 5.41) is -0.157. The van der Waals surface area contributed by atoms with Gasteiger partial charge in [-0.3, -0.25) is 14.5 Å². The minimum absolute atomic E-state index is 0.109. The Bertz CT molecular complexity index is 202. The molecule has 84 valence electrons. The zero-order valence-electron chi connectivity index (χ0n) is 10.2. The molecule has 0 saturated carbocycles. The quantitative estimate of drug-likeness (QED) is 0.628. The lowest BCUT2D eigenvalue weighted by molar-refractivity contribution is -0.127. The topological polar surface area (TPSA) is 37.4 Å². The number of nitrogens with zero attached hydrogens (tertiary/aromatic N) is 1. The zero-order valence-corrected chi connectivity index (χ0v) is 11.0. The van der Waals surface area contributed by atoms with E-state index >= 15 is 0 Å². The molecule has 0 bridgehead atoms. The zero-order chi connectivity index (χ0) is 11.9. The second-order valence-corrected chi connectivity index (χ2v) is 4.32. The second kappa shape index (κ2) is 6.87. The molecule has 0 N–H and O–H groups in total. The molecule has 1 rings (SSSR count). The summed E-state index contributed by atoms with van der Waals surface area (Å²) in [6.07, 6.45) is 0. The van der Waals surface area contributed by atoms with Crippen molar-refractivity contribution in [1.82, 2.24) is 4.90 Å². The fourth-order valence-corrected chi connectivity index (χ4v) is 1.70. The standard InChI is InChI=1S/C6H9NO2S.2C2H6/c1-6(2)4(8)7(3)5(9)10-6;2*1-2/h1-3H3;2*1-2H3. The number of carbonyl (C=O) groups excluding carboxylic acids is 2. The number of hydrogen-bond acceptors (Lipinski definition) is 3. The van der Waals surface area contributed by atoms with Crippen molar-refractivity contribution in [1.29, 1.82) is 0 Å². The first kappa shape index (κ1) is 15.9. The average Bonchev–Trinajstić information content (AvgIpc) is 2.36. The van der Waals surface area contributed by atoms with Crippen molar-refractivity contribution in [2.45, 2.75) is 46.3 Å². The van der Waals surface area contributed by atoms with Gasteiger partial charge >= 0.3 is 0 Å². The number of hydrogen-bond donors (Lipinski definition) is 0. The summed E-state index contributed by atoms with van der Waals surface area (Å²) < 4.78 is -0.550. The van der Waals surface area contributed by atoms with Crippen molar-refractivity contribution in [3.05, 3.63) is 0 Å². The predicted molar refractivity (Wildman–Crippen MR) is 62.5 cm³/mol. The van der Waals surface area contributed by atoms with Crippen molar-refractivity contribution < 1.29 is 9.59 Å². The van der Waals surface area contributed by atoms with Crippen LogP contribution in [-0.4, -0.2) is 27.8 Å². The van der Waals surface area contributed by atoms with Crippen LogP contribution in [0.4, 0.5) is 4.79 Å². The summed E-state index contributed by atoms with van der Waals surface area (Å²) in [4.78, 5) is 23.1. The molecule has 0 aromatic rings. The molecule has 3 nitrogen and oxygen atoms in total. The fraction of sp³-hybridized carbons (Fsp3) is 0.800. The first-order chi connectivity index (χ1) is 6.45. The monoisotopic (exact) mass is 219 g/mol. The van der Waals surface area contributed by atoms with E-state index in [4.69, 9.17) is 0 Å². The number of thioether (sulfide) groups is 1. The molecule has 0 radical (unpaired) electrons. The Hall–Kier alpha value is -0.510. The summed E-state index contributed by atoms with van der Waals surface area (Å²) in [7, 11) is 1.51. The minimum Gasteiger partial charge on any atom is -0.275 e. The van der Waals surface area contributed by atoms with E-state index in [0.717, 1.165) is 16.7 Å². The molecule has 0 aromatic heterocycles. The molecule has 0 unspecified atom stereocenters. The van der Waals surface area contributed by atoms with Crippen LogP contribution >= 0.6 is 11.8 Å². The lowest BCUT2D eigenvalue weighted by Gasteiger charge is -2.11. The van der Waals surface area contributed by atoms with Crippen LogP contribution in [0, 0.1) is 0 Å². The molecule has 1 fully saturated rings. The van der Waals surface area contributed by atoms with Crippen LogP contribution in [0.5, 0.6) is 0 Å². The first-order valence-electron chi connectivity index (χ1n) is 4.96. The molecule has 1 aliphatic rings. The summed E-state index contributed by atoms with van der Waals surface area (Å²) in [5.41, 5.74) is 0. The molecule has 2 amide bonds. The van der Waals surface area contributed by atoms with E-state index in [-0.39, 0.29) is 11.1 Å². The molecule has 0 aliphatic carbocycles. The summed E-state index contributed by atoms with van der Waals surface area (Å²) in [6.45, 7) is 11.5. The molecule has 1 aliphatic heterocycles. The maximum atomic E-state index is 11.1. The predicted octanol–water partition coefficient (Wildman–Crippen LogP) is 3.14. The Morgan fingerprint density at radius 1 is 1.07 bits per heavy atom. The van der Waals surface area contributed by atoms with E-state index < -0.39 is 4.75 Å².